The maximum atomic E-state index is 11.5. The molecule has 0 aliphatic heterocycles. The van der Waals surface area contributed by atoms with Crippen molar-refractivity contribution in [3.05, 3.63) is 29.8 Å². The molecule has 0 bridgehead atoms. The van der Waals surface area contributed by atoms with Gasteiger partial charge in [-0.2, -0.15) is 0 Å². The Balaban J connectivity index is 2.52. The highest BCUT2D eigenvalue weighted by molar-refractivity contribution is 5.95. The molecule has 0 fully saturated rings. The Morgan fingerprint density at radius 3 is 2.11 bits per heavy atom. The highest BCUT2D eigenvalue weighted by Crippen LogP contribution is 2.10. The number of hydroxylamine groups is 1. The van der Waals surface area contributed by atoms with Crippen molar-refractivity contribution in [2.45, 2.75) is 33.3 Å². The molecule has 0 aliphatic rings. The molecule has 5 nitrogen and oxygen atoms in total. The number of ketones is 1. The SMILES string of the molecule is CC(=O)c1ccc(NC(=O)NOC(C)(C)C)cc1. The molecule has 0 heterocycles. The first-order valence-corrected chi connectivity index (χ1v) is 5.64. The second kappa shape index (κ2) is 5.64. The van der Waals surface area contributed by atoms with Crippen LogP contribution in [0, 0.1) is 0 Å². The maximum absolute atomic E-state index is 11.5. The molecule has 0 saturated heterocycles. The number of carbonyl (C=O) groups is 2. The van der Waals surface area contributed by atoms with Gasteiger partial charge in [-0.25, -0.2) is 10.3 Å². The predicted molar refractivity (Wildman–Crippen MR) is 69.4 cm³/mol. The van der Waals surface area contributed by atoms with E-state index >= 15 is 0 Å². The molecule has 98 valence electrons. The van der Waals surface area contributed by atoms with Crippen molar-refractivity contribution < 1.29 is 14.4 Å². The average Bonchev–Trinajstić information content (AvgIpc) is 2.26. The van der Waals surface area contributed by atoms with E-state index in [9.17, 15) is 9.59 Å². The monoisotopic (exact) mass is 250 g/mol. The summed E-state index contributed by atoms with van der Waals surface area (Å²) in [4.78, 5) is 27.6. The van der Waals surface area contributed by atoms with Gasteiger partial charge in [-0.15, -0.1) is 0 Å². The van der Waals surface area contributed by atoms with E-state index < -0.39 is 11.6 Å². The third-order valence-corrected chi connectivity index (χ3v) is 2.00. The van der Waals surface area contributed by atoms with E-state index in [2.05, 4.69) is 10.8 Å². The Hall–Kier alpha value is -1.88. The van der Waals surface area contributed by atoms with Crippen molar-refractivity contribution in [1.82, 2.24) is 5.48 Å². The summed E-state index contributed by atoms with van der Waals surface area (Å²) in [7, 11) is 0. The van der Waals surface area contributed by atoms with Gasteiger partial charge in [-0.05, 0) is 52.0 Å². The number of urea groups is 1. The quantitative estimate of drug-likeness (QED) is 0.640. The molecule has 0 aromatic heterocycles. The Morgan fingerprint density at radius 2 is 1.67 bits per heavy atom. The standard InChI is InChI=1S/C13H18N2O3/c1-9(16)10-5-7-11(8-6-10)14-12(17)15-18-13(2,3)4/h5-8H,1-4H3,(H2,14,15,17). The van der Waals surface area contributed by atoms with Crippen molar-refractivity contribution in [2.75, 3.05) is 5.32 Å². The van der Waals surface area contributed by atoms with Crippen LogP contribution in [0.15, 0.2) is 24.3 Å². The smallest absolute Gasteiger partial charge is 0.306 e. The molecule has 0 radical (unpaired) electrons. The minimum absolute atomic E-state index is 0.0120. The van der Waals surface area contributed by atoms with Crippen LogP contribution in [0.3, 0.4) is 0 Å². The largest absolute Gasteiger partial charge is 0.343 e. The van der Waals surface area contributed by atoms with E-state index in [1.54, 1.807) is 24.3 Å². The number of benzene rings is 1. The fourth-order valence-electron chi connectivity index (χ4n) is 1.14. The number of amides is 2. The first kappa shape index (κ1) is 14.2. The molecule has 1 aromatic carbocycles. The highest BCUT2D eigenvalue weighted by Gasteiger charge is 2.12. The van der Waals surface area contributed by atoms with Gasteiger partial charge in [0.2, 0.25) is 0 Å². The van der Waals surface area contributed by atoms with E-state index in [1.807, 2.05) is 20.8 Å². The summed E-state index contributed by atoms with van der Waals surface area (Å²) in [6.07, 6.45) is 0. The average molecular weight is 250 g/mol. The molecule has 18 heavy (non-hydrogen) atoms. The van der Waals surface area contributed by atoms with E-state index in [1.165, 1.54) is 6.92 Å². The summed E-state index contributed by atoms with van der Waals surface area (Å²) in [6.45, 7) is 6.98. The van der Waals surface area contributed by atoms with E-state index in [0.29, 0.717) is 11.3 Å². The van der Waals surface area contributed by atoms with E-state index in [0.717, 1.165) is 0 Å². The maximum Gasteiger partial charge on any atom is 0.343 e. The van der Waals surface area contributed by atoms with Crippen molar-refractivity contribution in [3.63, 3.8) is 0 Å². The number of rotatable bonds is 3. The number of hydrogen-bond donors (Lipinski definition) is 2. The van der Waals surface area contributed by atoms with Gasteiger partial charge >= 0.3 is 6.03 Å². The Morgan fingerprint density at radius 1 is 1.11 bits per heavy atom. The lowest BCUT2D eigenvalue weighted by Crippen LogP contribution is -2.36. The number of anilines is 1. The Bertz CT molecular complexity index is 433. The molecule has 0 unspecified atom stereocenters. The highest BCUT2D eigenvalue weighted by atomic mass is 16.7. The van der Waals surface area contributed by atoms with Gasteiger partial charge in [-0.1, -0.05) is 0 Å². The first-order chi connectivity index (χ1) is 8.28. The zero-order valence-electron chi connectivity index (χ0n) is 11.0. The molecule has 2 amide bonds. The normalized spacial score (nSPS) is 10.9. The number of nitrogens with one attached hydrogen (secondary N) is 2. The molecule has 0 saturated carbocycles. The second-order valence-corrected chi connectivity index (χ2v) is 4.90. The molecule has 0 atom stereocenters. The fourth-order valence-corrected chi connectivity index (χ4v) is 1.14. The van der Waals surface area contributed by atoms with Crippen LogP contribution in [-0.4, -0.2) is 17.4 Å². The first-order valence-electron chi connectivity index (χ1n) is 5.64. The predicted octanol–water partition coefficient (Wildman–Crippen LogP) is 2.74. The molecular weight excluding hydrogens is 232 g/mol. The fraction of sp³-hybridized carbons (Fsp3) is 0.385. The van der Waals surface area contributed by atoms with E-state index in [4.69, 9.17) is 4.84 Å². The van der Waals surface area contributed by atoms with Gasteiger partial charge in [0.25, 0.3) is 0 Å². The molecule has 5 heteroatoms. The number of hydrogen-bond acceptors (Lipinski definition) is 3. The van der Waals surface area contributed by atoms with Crippen molar-refractivity contribution in [2.24, 2.45) is 0 Å². The minimum atomic E-state index is -0.458. The molecule has 0 aliphatic carbocycles. The van der Waals surface area contributed by atoms with Crippen LogP contribution in [0.1, 0.15) is 38.1 Å². The summed E-state index contributed by atoms with van der Waals surface area (Å²) in [5.74, 6) is -0.0120. The van der Waals surface area contributed by atoms with Crippen molar-refractivity contribution >= 4 is 17.5 Å². The van der Waals surface area contributed by atoms with Crippen LogP contribution in [-0.2, 0) is 4.84 Å². The summed E-state index contributed by atoms with van der Waals surface area (Å²) in [5, 5.41) is 2.59. The third-order valence-electron chi connectivity index (χ3n) is 2.00. The van der Waals surface area contributed by atoms with Crippen LogP contribution in [0.4, 0.5) is 10.5 Å². The summed E-state index contributed by atoms with van der Waals surface area (Å²) >= 11 is 0. The molecular formula is C13H18N2O3. The van der Waals surface area contributed by atoms with Crippen LogP contribution >= 0.6 is 0 Å². The molecule has 1 rings (SSSR count). The topological polar surface area (TPSA) is 67.4 Å². The zero-order chi connectivity index (χ0) is 13.8. The van der Waals surface area contributed by atoms with Crippen LogP contribution in [0.2, 0.25) is 0 Å². The van der Waals surface area contributed by atoms with Crippen molar-refractivity contribution in [1.29, 1.82) is 0 Å². The number of carbonyl (C=O) groups excluding carboxylic acids is 2. The lowest BCUT2D eigenvalue weighted by Gasteiger charge is -2.19. The van der Waals surface area contributed by atoms with Crippen LogP contribution in [0.5, 0.6) is 0 Å². The summed E-state index contributed by atoms with van der Waals surface area (Å²) in [5.41, 5.74) is 3.04. The van der Waals surface area contributed by atoms with Crippen LogP contribution < -0.4 is 10.8 Å². The Kier molecular flexibility index (Phi) is 4.44. The lowest BCUT2D eigenvalue weighted by molar-refractivity contribution is -0.0505. The number of Topliss-reactive ketones (excluding diaryl/α,β-unsaturated/α-hetero) is 1. The summed E-state index contributed by atoms with van der Waals surface area (Å²) in [6, 6.07) is 6.17. The second-order valence-electron chi connectivity index (χ2n) is 4.90. The van der Waals surface area contributed by atoms with Crippen molar-refractivity contribution in [3.8, 4) is 0 Å². The van der Waals surface area contributed by atoms with Gasteiger partial charge < -0.3 is 5.32 Å². The Labute approximate surface area is 106 Å². The third kappa shape index (κ3) is 4.97. The van der Waals surface area contributed by atoms with E-state index in [-0.39, 0.29) is 5.78 Å². The lowest BCUT2D eigenvalue weighted by atomic mass is 10.1. The minimum Gasteiger partial charge on any atom is -0.306 e. The molecule has 0 spiro atoms. The van der Waals surface area contributed by atoms with Gasteiger partial charge in [0.1, 0.15) is 0 Å². The zero-order valence-corrected chi connectivity index (χ0v) is 11.0. The molecule has 1 aromatic rings. The molecule has 2 N–H and O–H groups in total. The van der Waals surface area contributed by atoms with Gasteiger partial charge in [-0.3, -0.25) is 9.63 Å². The van der Waals surface area contributed by atoms with Gasteiger partial charge in [0, 0.05) is 11.3 Å². The van der Waals surface area contributed by atoms with Gasteiger partial charge in [0.15, 0.2) is 5.78 Å². The van der Waals surface area contributed by atoms with Gasteiger partial charge in [0.05, 0.1) is 5.60 Å². The van der Waals surface area contributed by atoms with Crippen LogP contribution in [0.25, 0.3) is 0 Å². The summed E-state index contributed by atoms with van der Waals surface area (Å²) < 4.78 is 0.